The van der Waals surface area contributed by atoms with Gasteiger partial charge in [-0.3, -0.25) is 4.90 Å². The molecule has 0 aliphatic carbocycles. The summed E-state index contributed by atoms with van der Waals surface area (Å²) in [4.78, 5) is 13.6. The molecule has 0 bridgehead atoms. The molecule has 0 saturated carbocycles. The number of piperidine rings is 1. The molecule has 3 rings (SSSR count). The number of thioether (sulfide) groups is 2. The van der Waals surface area contributed by atoms with Gasteiger partial charge in [0.05, 0.1) is 6.04 Å². The van der Waals surface area contributed by atoms with E-state index in [9.17, 15) is 4.79 Å². The number of ether oxygens (including phenoxy) is 1. The van der Waals surface area contributed by atoms with E-state index < -0.39 is 0 Å². The van der Waals surface area contributed by atoms with Crippen LogP contribution in [0.2, 0.25) is 0 Å². The average molecular weight is 271 g/mol. The molecule has 3 aliphatic heterocycles. The molecule has 0 aromatic heterocycles. The van der Waals surface area contributed by atoms with Crippen molar-refractivity contribution >= 4 is 29.6 Å². The van der Waals surface area contributed by atoms with Gasteiger partial charge in [-0.15, -0.1) is 23.5 Å². The average Bonchev–Trinajstić information content (AvgIpc) is 2.66. The van der Waals surface area contributed by atoms with Gasteiger partial charge < -0.3 is 4.74 Å². The molecule has 17 heavy (non-hydrogen) atoms. The zero-order valence-corrected chi connectivity index (χ0v) is 11.6. The molecule has 3 nitrogen and oxygen atoms in total. The maximum absolute atomic E-state index is 11.7. The van der Waals surface area contributed by atoms with Crippen LogP contribution in [0.3, 0.4) is 0 Å². The molecule has 0 aromatic carbocycles. The molecule has 94 valence electrons. The topological polar surface area (TPSA) is 29.5 Å². The minimum Gasteiger partial charge on any atom is -0.444 e. The lowest BCUT2D eigenvalue weighted by Gasteiger charge is -2.33. The zero-order chi connectivity index (χ0) is 11.8. The van der Waals surface area contributed by atoms with Crippen molar-refractivity contribution < 1.29 is 9.53 Å². The summed E-state index contributed by atoms with van der Waals surface area (Å²) in [5, 5.41) is 0. The normalized spacial score (nSPS) is 33.7. The zero-order valence-electron chi connectivity index (χ0n) is 9.98. The number of carbonyl (C=O) groups is 1. The van der Waals surface area contributed by atoms with Gasteiger partial charge in [0.15, 0.2) is 0 Å². The highest BCUT2D eigenvalue weighted by Crippen LogP contribution is 2.43. The Balaban J connectivity index is 1.91. The van der Waals surface area contributed by atoms with Crippen molar-refractivity contribution in [2.24, 2.45) is 0 Å². The van der Waals surface area contributed by atoms with Crippen molar-refractivity contribution in [2.75, 3.05) is 18.1 Å². The minimum absolute atomic E-state index is 0.0217. The largest absolute Gasteiger partial charge is 0.444 e. The van der Waals surface area contributed by atoms with Crippen molar-refractivity contribution in [3.05, 3.63) is 9.81 Å². The second kappa shape index (κ2) is 4.76. The van der Waals surface area contributed by atoms with Crippen molar-refractivity contribution in [3.63, 3.8) is 0 Å². The molecular formula is C12H17NO2S2. The van der Waals surface area contributed by atoms with Gasteiger partial charge in [-0.05, 0) is 43.3 Å². The van der Waals surface area contributed by atoms with Crippen LogP contribution in [0.15, 0.2) is 9.81 Å². The SMILES string of the molecule is C[C@@H]1OC(=O)N2CCCC(=C3SCCCS3)C12. The van der Waals surface area contributed by atoms with Crippen LogP contribution in [-0.2, 0) is 4.74 Å². The van der Waals surface area contributed by atoms with Crippen LogP contribution in [0.5, 0.6) is 0 Å². The summed E-state index contributed by atoms with van der Waals surface area (Å²) < 4.78 is 6.83. The number of rotatable bonds is 0. The monoisotopic (exact) mass is 271 g/mol. The minimum atomic E-state index is -0.119. The Morgan fingerprint density at radius 1 is 1.29 bits per heavy atom. The first-order chi connectivity index (χ1) is 8.27. The summed E-state index contributed by atoms with van der Waals surface area (Å²) in [5.74, 6) is 2.45. The highest BCUT2D eigenvalue weighted by molar-refractivity contribution is 8.22. The summed E-state index contributed by atoms with van der Waals surface area (Å²) in [7, 11) is 0. The lowest BCUT2D eigenvalue weighted by molar-refractivity contribution is 0.138. The molecule has 5 heteroatoms. The van der Waals surface area contributed by atoms with Gasteiger partial charge in [-0.25, -0.2) is 4.79 Å². The Labute approximate surface area is 110 Å². The van der Waals surface area contributed by atoms with E-state index in [0.717, 1.165) is 19.4 Å². The first-order valence-corrected chi connectivity index (χ1v) is 8.20. The van der Waals surface area contributed by atoms with Crippen LogP contribution in [0.4, 0.5) is 4.79 Å². The van der Waals surface area contributed by atoms with Gasteiger partial charge in [0, 0.05) is 10.8 Å². The van der Waals surface area contributed by atoms with E-state index >= 15 is 0 Å². The lowest BCUT2D eigenvalue weighted by Crippen LogP contribution is -2.41. The fourth-order valence-electron chi connectivity index (χ4n) is 2.79. The van der Waals surface area contributed by atoms with E-state index in [1.807, 2.05) is 35.3 Å². The van der Waals surface area contributed by atoms with Gasteiger partial charge in [-0.1, -0.05) is 0 Å². The number of fused-ring (bicyclic) bond motifs is 1. The Kier molecular flexibility index (Phi) is 3.30. The first kappa shape index (κ1) is 11.8. The van der Waals surface area contributed by atoms with E-state index in [1.165, 1.54) is 27.7 Å². The van der Waals surface area contributed by atoms with E-state index in [4.69, 9.17) is 4.74 Å². The molecule has 2 atom stereocenters. The van der Waals surface area contributed by atoms with Crippen LogP contribution >= 0.6 is 23.5 Å². The number of amides is 1. The summed E-state index contributed by atoms with van der Waals surface area (Å²) in [5.41, 5.74) is 1.46. The number of carbonyl (C=O) groups excluding carboxylic acids is 1. The molecule has 3 aliphatic rings. The summed E-state index contributed by atoms with van der Waals surface area (Å²) in [6.07, 6.45) is 3.42. The van der Waals surface area contributed by atoms with Crippen molar-refractivity contribution in [1.82, 2.24) is 4.90 Å². The van der Waals surface area contributed by atoms with Crippen molar-refractivity contribution in [1.29, 1.82) is 0 Å². The number of hydrogen-bond acceptors (Lipinski definition) is 4. The van der Waals surface area contributed by atoms with E-state index in [2.05, 4.69) is 0 Å². The number of nitrogens with zero attached hydrogens (tertiary/aromatic N) is 1. The molecular weight excluding hydrogens is 254 g/mol. The molecule has 1 amide bonds. The molecule has 0 aromatic rings. The Morgan fingerprint density at radius 2 is 2.06 bits per heavy atom. The number of hydrogen-bond donors (Lipinski definition) is 0. The first-order valence-electron chi connectivity index (χ1n) is 6.23. The lowest BCUT2D eigenvalue weighted by atomic mass is 9.95. The quantitative estimate of drug-likeness (QED) is 0.677. The Bertz CT molecular complexity index is 362. The fraction of sp³-hybridized carbons (Fsp3) is 0.750. The standard InChI is InChI=1S/C12H17NO2S2/c1-8-10-9(11-16-6-3-7-17-11)4-2-5-13(10)12(14)15-8/h8,10H,2-7H2,1H3/t8-,10?/m0/s1. The molecule has 3 saturated heterocycles. The summed E-state index contributed by atoms with van der Waals surface area (Å²) >= 11 is 3.94. The van der Waals surface area contributed by atoms with Crippen LogP contribution in [0, 0.1) is 0 Å². The summed E-state index contributed by atoms with van der Waals surface area (Å²) in [6, 6.07) is 0.212. The smallest absolute Gasteiger partial charge is 0.410 e. The van der Waals surface area contributed by atoms with Crippen LogP contribution < -0.4 is 0 Å². The van der Waals surface area contributed by atoms with Crippen LogP contribution in [0.1, 0.15) is 26.2 Å². The van der Waals surface area contributed by atoms with Gasteiger partial charge in [-0.2, -0.15) is 0 Å². The molecule has 0 N–H and O–H groups in total. The molecule has 0 radical (unpaired) electrons. The van der Waals surface area contributed by atoms with Crippen molar-refractivity contribution in [3.8, 4) is 0 Å². The van der Waals surface area contributed by atoms with Gasteiger partial charge >= 0.3 is 6.09 Å². The molecule has 3 fully saturated rings. The van der Waals surface area contributed by atoms with E-state index in [0.29, 0.717) is 0 Å². The maximum Gasteiger partial charge on any atom is 0.410 e. The Morgan fingerprint density at radius 3 is 2.82 bits per heavy atom. The van der Waals surface area contributed by atoms with Gasteiger partial charge in [0.2, 0.25) is 0 Å². The van der Waals surface area contributed by atoms with Crippen molar-refractivity contribution in [2.45, 2.75) is 38.3 Å². The highest BCUT2D eigenvalue weighted by Gasteiger charge is 2.44. The third kappa shape index (κ3) is 2.08. The molecule has 1 unspecified atom stereocenters. The molecule has 0 spiro atoms. The van der Waals surface area contributed by atoms with Gasteiger partial charge in [0.25, 0.3) is 0 Å². The second-order valence-electron chi connectivity index (χ2n) is 4.69. The second-order valence-corrected chi connectivity index (χ2v) is 7.16. The molecule has 3 heterocycles. The predicted molar refractivity (Wildman–Crippen MR) is 72.2 cm³/mol. The number of cyclic esters (lactones) is 1. The maximum atomic E-state index is 11.7. The third-order valence-corrected chi connectivity index (χ3v) is 6.26. The Hall–Kier alpha value is -0.290. The van der Waals surface area contributed by atoms with Crippen LogP contribution in [-0.4, -0.2) is 41.2 Å². The fourth-order valence-corrected chi connectivity index (χ4v) is 5.57. The van der Waals surface area contributed by atoms with E-state index in [1.54, 1.807) is 0 Å². The predicted octanol–water partition coefficient (Wildman–Crippen LogP) is 3.07. The van der Waals surface area contributed by atoms with Gasteiger partial charge in [0.1, 0.15) is 6.10 Å². The third-order valence-electron chi connectivity index (χ3n) is 3.52. The highest BCUT2D eigenvalue weighted by atomic mass is 32.2. The van der Waals surface area contributed by atoms with E-state index in [-0.39, 0.29) is 18.2 Å². The summed E-state index contributed by atoms with van der Waals surface area (Å²) in [6.45, 7) is 2.88. The van der Waals surface area contributed by atoms with Crippen LogP contribution in [0.25, 0.3) is 0 Å².